The lowest BCUT2D eigenvalue weighted by atomic mass is 9.94. The molecule has 0 N–H and O–H groups in total. The van der Waals surface area contributed by atoms with Gasteiger partial charge in [0.15, 0.2) is 0 Å². The average Bonchev–Trinajstić information content (AvgIpc) is 3.27. The second kappa shape index (κ2) is 11.0. The van der Waals surface area contributed by atoms with E-state index >= 15 is 0 Å². The number of carbonyl (C=O) groups excluding carboxylic acids is 2. The van der Waals surface area contributed by atoms with Crippen molar-refractivity contribution in [2.45, 2.75) is 69.6 Å². The normalized spacial score (nSPS) is 22.3. The first kappa shape index (κ1) is 24.8. The summed E-state index contributed by atoms with van der Waals surface area (Å²) < 4.78 is 0. The fourth-order valence-corrected chi connectivity index (χ4v) is 6.31. The van der Waals surface area contributed by atoms with Crippen LogP contribution in [0.25, 0.3) is 0 Å². The first-order chi connectivity index (χ1) is 17.5. The molecule has 192 valence electrons. The summed E-state index contributed by atoms with van der Waals surface area (Å²) in [5.74, 6) is 0.0351. The molecule has 2 aliphatic heterocycles. The summed E-state index contributed by atoms with van der Waals surface area (Å²) in [4.78, 5) is 34.5. The highest BCUT2D eigenvalue weighted by Crippen LogP contribution is 2.38. The van der Waals surface area contributed by atoms with E-state index in [1.165, 1.54) is 30.4 Å². The molecule has 1 aliphatic carbocycles. The van der Waals surface area contributed by atoms with Gasteiger partial charge in [-0.3, -0.25) is 9.69 Å². The van der Waals surface area contributed by atoms with Gasteiger partial charge < -0.3 is 14.7 Å². The topological polar surface area (TPSA) is 47.1 Å². The van der Waals surface area contributed by atoms with Crippen LogP contribution in [0.3, 0.4) is 0 Å². The van der Waals surface area contributed by atoms with Gasteiger partial charge in [-0.2, -0.15) is 0 Å². The van der Waals surface area contributed by atoms with Crippen molar-refractivity contribution in [3.63, 3.8) is 0 Å². The second-order valence-corrected chi connectivity index (χ2v) is 11.0. The summed E-state index contributed by atoms with van der Waals surface area (Å²) in [6.07, 6.45) is 8.10. The first-order valence-electron chi connectivity index (χ1n) is 13.7. The molecule has 2 heterocycles. The molecule has 2 aromatic carbocycles. The Morgan fingerprint density at radius 2 is 1.53 bits per heavy atom. The maximum atomic E-state index is 13.8. The Balaban J connectivity index is 1.24. The van der Waals surface area contributed by atoms with Crippen molar-refractivity contribution in [1.29, 1.82) is 0 Å². The summed E-state index contributed by atoms with van der Waals surface area (Å²) in [5, 5.41) is 0. The highest BCUT2D eigenvalue weighted by Gasteiger charge is 2.45. The number of rotatable bonds is 6. The van der Waals surface area contributed by atoms with E-state index in [0.29, 0.717) is 6.04 Å². The molecule has 0 spiro atoms. The van der Waals surface area contributed by atoms with Crippen molar-refractivity contribution in [3.8, 4) is 0 Å². The highest BCUT2D eigenvalue weighted by molar-refractivity contribution is 5.93. The maximum absolute atomic E-state index is 13.8. The van der Waals surface area contributed by atoms with Gasteiger partial charge in [-0.05, 0) is 48.9 Å². The number of hydrogen-bond acceptors (Lipinski definition) is 3. The molecule has 0 bridgehead atoms. The van der Waals surface area contributed by atoms with Gasteiger partial charge in [0.25, 0.3) is 5.91 Å². The summed E-state index contributed by atoms with van der Waals surface area (Å²) in [6.45, 7) is 3.68. The fraction of sp³-hybridized carbons (Fsp3) is 0.533. The van der Waals surface area contributed by atoms with Crippen LogP contribution in [0.4, 0.5) is 4.79 Å². The van der Waals surface area contributed by atoms with E-state index in [1.54, 1.807) is 19.0 Å². The average molecular weight is 489 g/mol. The van der Waals surface area contributed by atoms with Crippen LogP contribution >= 0.6 is 0 Å². The van der Waals surface area contributed by atoms with Gasteiger partial charge in [-0.25, -0.2) is 4.79 Å². The van der Waals surface area contributed by atoms with Gasteiger partial charge >= 0.3 is 6.03 Å². The Hall–Kier alpha value is -2.86. The van der Waals surface area contributed by atoms with Crippen molar-refractivity contribution < 1.29 is 9.59 Å². The van der Waals surface area contributed by atoms with Crippen molar-refractivity contribution in [2.24, 2.45) is 0 Å². The Labute approximate surface area is 215 Å². The molecule has 2 saturated heterocycles. The minimum atomic E-state index is 0.0351. The van der Waals surface area contributed by atoms with Crippen LogP contribution in [-0.2, 0) is 6.54 Å². The third kappa shape index (κ3) is 5.29. The first-order valence-corrected chi connectivity index (χ1v) is 13.7. The number of carbonyl (C=O) groups is 2. The Morgan fingerprint density at radius 3 is 2.17 bits per heavy atom. The SMILES string of the molecule is CN(C)C(=O)c1ccc(CN2CCC(N3C(=O)N(C4CCCCC4)C[C@H]3c3ccccc3)CC2)cc1. The molecular formula is C30H40N4O2. The molecule has 5 rings (SSSR count). The van der Waals surface area contributed by atoms with Crippen LogP contribution in [0.5, 0.6) is 0 Å². The standard InChI is InChI=1S/C30H40N4O2/c1-31(2)29(35)25-15-13-23(14-16-25)21-32-19-17-27(18-20-32)34-28(24-9-5-3-6-10-24)22-33(30(34)36)26-11-7-4-8-12-26/h3,5-6,9-10,13-16,26-28H,4,7-8,11-12,17-22H2,1-2H3/t28-/m0/s1. The minimum absolute atomic E-state index is 0.0351. The lowest BCUT2D eigenvalue weighted by Gasteiger charge is -2.39. The molecule has 6 heteroatoms. The third-order valence-electron chi connectivity index (χ3n) is 8.34. The summed E-state index contributed by atoms with van der Waals surface area (Å²) >= 11 is 0. The molecule has 36 heavy (non-hydrogen) atoms. The highest BCUT2D eigenvalue weighted by atomic mass is 16.2. The maximum Gasteiger partial charge on any atom is 0.321 e. The van der Waals surface area contributed by atoms with Crippen LogP contribution in [0.1, 0.15) is 72.5 Å². The predicted molar refractivity (Wildman–Crippen MR) is 143 cm³/mol. The van der Waals surface area contributed by atoms with Crippen LogP contribution < -0.4 is 0 Å². The zero-order chi connectivity index (χ0) is 25.1. The van der Waals surface area contributed by atoms with E-state index in [1.807, 2.05) is 12.1 Å². The number of amides is 3. The van der Waals surface area contributed by atoms with Crippen molar-refractivity contribution in [3.05, 3.63) is 71.3 Å². The molecular weight excluding hydrogens is 448 g/mol. The minimum Gasteiger partial charge on any atom is -0.345 e. The van der Waals surface area contributed by atoms with Gasteiger partial charge in [0.05, 0.1) is 6.04 Å². The van der Waals surface area contributed by atoms with E-state index in [2.05, 4.69) is 57.2 Å². The molecule has 0 aromatic heterocycles. The number of nitrogens with zero attached hydrogens (tertiary/aromatic N) is 4. The monoisotopic (exact) mass is 488 g/mol. The summed E-state index contributed by atoms with van der Waals surface area (Å²) in [6, 6.07) is 19.7. The van der Waals surface area contributed by atoms with Crippen LogP contribution in [0, 0.1) is 0 Å². The van der Waals surface area contributed by atoms with Crippen LogP contribution in [-0.4, -0.2) is 77.4 Å². The third-order valence-corrected chi connectivity index (χ3v) is 8.34. The van der Waals surface area contributed by atoms with E-state index in [4.69, 9.17) is 0 Å². The second-order valence-electron chi connectivity index (χ2n) is 11.0. The Bertz CT molecular complexity index is 1020. The smallest absolute Gasteiger partial charge is 0.321 e. The largest absolute Gasteiger partial charge is 0.345 e. The Kier molecular flexibility index (Phi) is 7.61. The Morgan fingerprint density at radius 1 is 0.861 bits per heavy atom. The number of hydrogen-bond donors (Lipinski definition) is 0. The van der Waals surface area contributed by atoms with Crippen LogP contribution in [0.2, 0.25) is 0 Å². The lowest BCUT2D eigenvalue weighted by molar-refractivity contribution is 0.0827. The fourth-order valence-electron chi connectivity index (χ4n) is 6.31. The zero-order valence-corrected chi connectivity index (χ0v) is 21.8. The van der Waals surface area contributed by atoms with Crippen molar-refractivity contribution in [2.75, 3.05) is 33.7 Å². The molecule has 0 radical (unpaired) electrons. The quantitative estimate of drug-likeness (QED) is 0.564. The van der Waals surface area contributed by atoms with Gasteiger partial charge in [-0.15, -0.1) is 0 Å². The summed E-state index contributed by atoms with van der Waals surface area (Å²) in [7, 11) is 3.56. The zero-order valence-electron chi connectivity index (χ0n) is 21.8. The molecule has 2 aromatic rings. The molecule has 3 fully saturated rings. The number of urea groups is 1. The molecule has 3 aliphatic rings. The number of piperidine rings is 1. The molecule has 1 saturated carbocycles. The van der Waals surface area contributed by atoms with Crippen LogP contribution in [0.15, 0.2) is 54.6 Å². The molecule has 0 unspecified atom stereocenters. The number of likely N-dealkylation sites (tertiary alicyclic amines) is 1. The van der Waals surface area contributed by atoms with E-state index in [0.717, 1.165) is 57.4 Å². The van der Waals surface area contributed by atoms with E-state index in [-0.39, 0.29) is 24.0 Å². The van der Waals surface area contributed by atoms with Gasteiger partial charge in [0.1, 0.15) is 0 Å². The predicted octanol–water partition coefficient (Wildman–Crippen LogP) is 5.16. The lowest BCUT2D eigenvalue weighted by Crippen LogP contribution is -2.48. The van der Waals surface area contributed by atoms with E-state index in [9.17, 15) is 9.59 Å². The van der Waals surface area contributed by atoms with E-state index < -0.39 is 0 Å². The number of benzene rings is 2. The van der Waals surface area contributed by atoms with Gasteiger partial charge in [0.2, 0.25) is 0 Å². The summed E-state index contributed by atoms with van der Waals surface area (Å²) in [5.41, 5.74) is 3.22. The molecule has 6 nitrogen and oxygen atoms in total. The van der Waals surface area contributed by atoms with Gasteiger partial charge in [0, 0.05) is 57.9 Å². The van der Waals surface area contributed by atoms with Gasteiger partial charge in [-0.1, -0.05) is 61.7 Å². The van der Waals surface area contributed by atoms with Crippen molar-refractivity contribution in [1.82, 2.24) is 19.6 Å². The molecule has 1 atom stereocenters. The molecule has 3 amide bonds. The van der Waals surface area contributed by atoms with Crippen molar-refractivity contribution >= 4 is 11.9 Å².